The Bertz CT molecular complexity index is 1410. The van der Waals surface area contributed by atoms with Crippen LogP contribution in [0.1, 0.15) is 38.3 Å². The Labute approximate surface area is 235 Å². The topological polar surface area (TPSA) is 96.0 Å². The van der Waals surface area contributed by atoms with Gasteiger partial charge in [0, 0.05) is 18.2 Å². The molecular formula is C30H36FN3O5S. The third-order valence-corrected chi connectivity index (χ3v) is 8.50. The molecule has 0 aliphatic carbocycles. The first-order valence-electron chi connectivity index (χ1n) is 13.0. The van der Waals surface area contributed by atoms with E-state index in [1.165, 1.54) is 54.5 Å². The molecule has 8 nitrogen and oxygen atoms in total. The number of amides is 2. The number of methoxy groups -OCH3 is 1. The van der Waals surface area contributed by atoms with Gasteiger partial charge >= 0.3 is 0 Å². The number of aryl methyl sites for hydroxylation is 1. The van der Waals surface area contributed by atoms with E-state index in [2.05, 4.69) is 5.32 Å². The molecule has 0 unspecified atom stereocenters. The SMILES string of the molecule is CC[C@@H](C)NC(=O)[C@H](C)N(Cc1ccccc1F)C(=O)CN(c1ccc(C)cc1)S(=O)(=O)c1ccc(OC)cc1. The number of hydrogen-bond acceptors (Lipinski definition) is 5. The molecule has 0 fully saturated rings. The van der Waals surface area contributed by atoms with E-state index in [1.807, 2.05) is 20.8 Å². The van der Waals surface area contributed by atoms with Gasteiger partial charge in [-0.2, -0.15) is 0 Å². The van der Waals surface area contributed by atoms with Crippen molar-refractivity contribution in [3.8, 4) is 5.75 Å². The minimum absolute atomic E-state index is 0.0371. The molecule has 2 amide bonds. The summed E-state index contributed by atoms with van der Waals surface area (Å²) < 4.78 is 48.5. The van der Waals surface area contributed by atoms with Crippen molar-refractivity contribution >= 4 is 27.5 Å². The lowest BCUT2D eigenvalue weighted by Gasteiger charge is -2.32. The van der Waals surface area contributed by atoms with Crippen LogP contribution in [0.25, 0.3) is 0 Å². The lowest BCUT2D eigenvalue weighted by atomic mass is 10.1. The monoisotopic (exact) mass is 569 g/mol. The summed E-state index contributed by atoms with van der Waals surface area (Å²) in [5, 5.41) is 2.85. The van der Waals surface area contributed by atoms with Crippen molar-refractivity contribution in [2.75, 3.05) is 18.0 Å². The van der Waals surface area contributed by atoms with Gasteiger partial charge in [0.15, 0.2) is 0 Å². The van der Waals surface area contributed by atoms with Crippen LogP contribution < -0.4 is 14.4 Å². The normalized spacial score (nSPS) is 12.8. The van der Waals surface area contributed by atoms with Crippen LogP contribution >= 0.6 is 0 Å². The molecule has 3 aromatic carbocycles. The zero-order chi connectivity index (χ0) is 29.4. The highest BCUT2D eigenvalue weighted by atomic mass is 32.2. The lowest BCUT2D eigenvalue weighted by Crippen LogP contribution is -2.52. The fourth-order valence-corrected chi connectivity index (χ4v) is 5.39. The number of nitrogens with zero attached hydrogens (tertiary/aromatic N) is 2. The van der Waals surface area contributed by atoms with Crippen LogP contribution in [-0.2, 0) is 26.2 Å². The van der Waals surface area contributed by atoms with E-state index in [0.29, 0.717) is 12.2 Å². The molecule has 3 rings (SSSR count). The molecule has 214 valence electrons. The maximum atomic E-state index is 14.6. The number of sulfonamides is 1. The Morgan fingerprint density at radius 2 is 1.60 bits per heavy atom. The zero-order valence-electron chi connectivity index (χ0n) is 23.4. The van der Waals surface area contributed by atoms with Crippen molar-refractivity contribution in [3.05, 3.63) is 89.7 Å². The van der Waals surface area contributed by atoms with Gasteiger partial charge in [0.05, 0.1) is 17.7 Å². The second kappa shape index (κ2) is 13.4. The van der Waals surface area contributed by atoms with Crippen LogP contribution in [0, 0.1) is 12.7 Å². The molecular weight excluding hydrogens is 533 g/mol. The smallest absolute Gasteiger partial charge is 0.264 e. The molecule has 3 aromatic rings. The second-order valence-corrected chi connectivity index (χ2v) is 11.5. The van der Waals surface area contributed by atoms with Crippen molar-refractivity contribution < 1.29 is 27.1 Å². The predicted molar refractivity (Wildman–Crippen MR) is 153 cm³/mol. The van der Waals surface area contributed by atoms with Crippen LogP contribution in [0.5, 0.6) is 5.75 Å². The Balaban J connectivity index is 2.03. The van der Waals surface area contributed by atoms with Gasteiger partial charge in [-0.05, 0) is 69.7 Å². The summed E-state index contributed by atoms with van der Waals surface area (Å²) in [5.41, 5.74) is 1.39. The summed E-state index contributed by atoms with van der Waals surface area (Å²) in [6.45, 7) is 6.35. The molecule has 0 bridgehead atoms. The Hall–Kier alpha value is -3.92. The molecule has 0 heterocycles. The first-order valence-corrected chi connectivity index (χ1v) is 14.5. The van der Waals surface area contributed by atoms with Crippen LogP contribution in [0.4, 0.5) is 10.1 Å². The van der Waals surface area contributed by atoms with E-state index < -0.39 is 40.2 Å². The van der Waals surface area contributed by atoms with Gasteiger partial charge < -0.3 is 15.0 Å². The number of hydrogen-bond donors (Lipinski definition) is 1. The molecule has 0 saturated heterocycles. The van der Waals surface area contributed by atoms with E-state index in [-0.39, 0.29) is 28.7 Å². The van der Waals surface area contributed by atoms with Gasteiger partial charge in [-0.15, -0.1) is 0 Å². The third kappa shape index (κ3) is 7.38. The third-order valence-electron chi connectivity index (χ3n) is 6.72. The van der Waals surface area contributed by atoms with Crippen LogP contribution in [0.15, 0.2) is 77.7 Å². The summed E-state index contributed by atoms with van der Waals surface area (Å²) in [7, 11) is -2.74. The Kier molecular flexibility index (Phi) is 10.3. The first-order chi connectivity index (χ1) is 19.0. The maximum Gasteiger partial charge on any atom is 0.264 e. The van der Waals surface area contributed by atoms with Crippen LogP contribution in [0.3, 0.4) is 0 Å². The molecule has 10 heteroatoms. The van der Waals surface area contributed by atoms with E-state index >= 15 is 0 Å². The molecule has 0 aromatic heterocycles. The highest BCUT2D eigenvalue weighted by Gasteiger charge is 2.33. The zero-order valence-corrected chi connectivity index (χ0v) is 24.2. The van der Waals surface area contributed by atoms with E-state index in [1.54, 1.807) is 37.3 Å². The largest absolute Gasteiger partial charge is 0.497 e. The van der Waals surface area contributed by atoms with Crippen molar-refractivity contribution in [1.29, 1.82) is 0 Å². The van der Waals surface area contributed by atoms with Gasteiger partial charge in [-0.3, -0.25) is 13.9 Å². The highest BCUT2D eigenvalue weighted by Crippen LogP contribution is 2.26. The summed E-state index contributed by atoms with van der Waals surface area (Å²) in [5.74, 6) is -1.13. The van der Waals surface area contributed by atoms with E-state index in [0.717, 1.165) is 9.87 Å². The molecule has 2 atom stereocenters. The number of anilines is 1. The average Bonchev–Trinajstić information content (AvgIpc) is 2.95. The Morgan fingerprint density at radius 3 is 2.17 bits per heavy atom. The molecule has 0 saturated carbocycles. The van der Waals surface area contributed by atoms with Crippen molar-refractivity contribution in [2.24, 2.45) is 0 Å². The van der Waals surface area contributed by atoms with Gasteiger partial charge in [-0.1, -0.05) is 42.8 Å². The fourth-order valence-electron chi connectivity index (χ4n) is 3.97. The summed E-state index contributed by atoms with van der Waals surface area (Å²) in [4.78, 5) is 28.1. The van der Waals surface area contributed by atoms with Gasteiger partial charge in [0.1, 0.15) is 24.2 Å². The van der Waals surface area contributed by atoms with E-state index in [9.17, 15) is 22.4 Å². The first kappa shape index (κ1) is 30.6. The standard InChI is InChI=1S/C30H36FN3O5S/c1-6-22(3)32-30(36)23(4)33(19-24-9-7-8-10-28(24)31)29(35)20-34(25-13-11-21(2)12-14-25)40(37,38)27-17-15-26(39-5)16-18-27/h7-18,22-23H,6,19-20H2,1-5H3,(H,32,36)/t22-,23+/m1/s1. The maximum absolute atomic E-state index is 14.6. The lowest BCUT2D eigenvalue weighted by molar-refractivity contribution is -0.139. The molecule has 1 N–H and O–H groups in total. The molecule has 40 heavy (non-hydrogen) atoms. The minimum atomic E-state index is -4.21. The summed E-state index contributed by atoms with van der Waals surface area (Å²) in [6, 6.07) is 17.4. The molecule has 0 spiro atoms. The number of carbonyl (C=O) groups is 2. The van der Waals surface area contributed by atoms with Crippen LogP contribution in [0.2, 0.25) is 0 Å². The second-order valence-electron chi connectivity index (χ2n) is 9.63. The predicted octanol–water partition coefficient (Wildman–Crippen LogP) is 4.67. The molecule has 0 aliphatic heterocycles. The van der Waals surface area contributed by atoms with Gasteiger partial charge in [-0.25, -0.2) is 12.8 Å². The van der Waals surface area contributed by atoms with E-state index in [4.69, 9.17) is 4.74 Å². The number of nitrogens with one attached hydrogen (secondary N) is 1. The Morgan fingerprint density at radius 1 is 0.975 bits per heavy atom. The fraction of sp³-hybridized carbons (Fsp3) is 0.333. The average molecular weight is 570 g/mol. The van der Waals surface area contributed by atoms with Gasteiger partial charge in [0.2, 0.25) is 11.8 Å². The molecule has 0 radical (unpaired) electrons. The van der Waals surface area contributed by atoms with Crippen molar-refractivity contribution in [3.63, 3.8) is 0 Å². The van der Waals surface area contributed by atoms with Crippen molar-refractivity contribution in [2.45, 2.75) is 57.6 Å². The summed E-state index contributed by atoms with van der Waals surface area (Å²) in [6.07, 6.45) is 0.682. The summed E-state index contributed by atoms with van der Waals surface area (Å²) >= 11 is 0. The minimum Gasteiger partial charge on any atom is -0.497 e. The van der Waals surface area contributed by atoms with Gasteiger partial charge in [0.25, 0.3) is 10.0 Å². The van der Waals surface area contributed by atoms with Crippen LogP contribution in [-0.4, -0.2) is 50.9 Å². The number of carbonyl (C=O) groups excluding carboxylic acids is 2. The number of benzene rings is 3. The van der Waals surface area contributed by atoms with Crippen molar-refractivity contribution in [1.82, 2.24) is 10.2 Å². The number of rotatable bonds is 12. The quantitative estimate of drug-likeness (QED) is 0.342. The number of ether oxygens (including phenoxy) is 1. The highest BCUT2D eigenvalue weighted by molar-refractivity contribution is 7.92. The number of halogens is 1. The molecule has 0 aliphatic rings.